The smallest absolute Gasteiger partial charge is 0.231 e. The van der Waals surface area contributed by atoms with Crippen LogP contribution in [0.1, 0.15) is 49.2 Å². The molecule has 2 aromatic heterocycles. The number of hydrogen-bond donors (Lipinski definition) is 0. The lowest BCUT2D eigenvalue weighted by Crippen LogP contribution is -2.39. The monoisotopic (exact) mass is 380 g/mol. The van der Waals surface area contributed by atoms with Crippen LogP contribution >= 0.6 is 0 Å². The van der Waals surface area contributed by atoms with Crippen molar-refractivity contribution >= 4 is 5.91 Å². The lowest BCUT2D eigenvalue weighted by molar-refractivity contribution is -0.132. The van der Waals surface area contributed by atoms with Crippen LogP contribution in [0.25, 0.3) is 11.3 Å². The fourth-order valence-electron chi connectivity index (χ4n) is 3.59. The molecule has 1 fully saturated rings. The van der Waals surface area contributed by atoms with Crippen molar-refractivity contribution in [3.05, 3.63) is 54.1 Å². The third kappa shape index (κ3) is 4.30. The Balaban J connectivity index is 1.27. The number of amides is 1. The number of likely N-dealkylation sites (tertiary alicyclic amines) is 1. The van der Waals surface area contributed by atoms with Gasteiger partial charge in [0.25, 0.3) is 0 Å². The Labute approximate surface area is 163 Å². The first-order valence-electron chi connectivity index (χ1n) is 9.77. The normalized spacial score (nSPS) is 17.0. The zero-order valence-electron chi connectivity index (χ0n) is 16.0. The molecule has 146 valence electrons. The molecular formula is C21H24N4O3. The number of hydrogen-bond acceptors (Lipinski definition) is 6. The molecule has 1 aromatic carbocycles. The third-order valence-corrected chi connectivity index (χ3v) is 5.06. The lowest BCUT2D eigenvalue weighted by atomic mass is 9.97. The maximum absolute atomic E-state index is 12.6. The van der Waals surface area contributed by atoms with Crippen molar-refractivity contribution in [1.82, 2.24) is 20.0 Å². The summed E-state index contributed by atoms with van der Waals surface area (Å²) in [6.45, 7) is 3.25. The molecule has 1 aliphatic rings. The zero-order chi connectivity index (χ0) is 19.3. The van der Waals surface area contributed by atoms with Crippen LogP contribution in [0.2, 0.25) is 0 Å². The number of benzene rings is 1. The molecule has 1 amide bonds. The Morgan fingerprint density at radius 3 is 2.93 bits per heavy atom. The average Bonchev–Trinajstić information content (AvgIpc) is 3.38. The highest BCUT2D eigenvalue weighted by Gasteiger charge is 2.28. The van der Waals surface area contributed by atoms with Crippen molar-refractivity contribution < 1.29 is 13.7 Å². The highest BCUT2D eigenvalue weighted by molar-refractivity contribution is 5.76. The molecule has 1 saturated heterocycles. The third-order valence-electron chi connectivity index (χ3n) is 5.06. The van der Waals surface area contributed by atoms with Crippen LogP contribution in [0.5, 0.6) is 0 Å². The first kappa shape index (κ1) is 18.4. The molecule has 1 aliphatic heterocycles. The van der Waals surface area contributed by atoms with Crippen LogP contribution in [0.4, 0.5) is 0 Å². The number of rotatable bonds is 6. The molecular weight excluding hydrogens is 356 g/mol. The molecule has 0 bridgehead atoms. The van der Waals surface area contributed by atoms with Gasteiger partial charge in [0, 0.05) is 31.5 Å². The molecule has 3 heterocycles. The summed E-state index contributed by atoms with van der Waals surface area (Å²) in [5.41, 5.74) is 1.01. The fourth-order valence-corrected chi connectivity index (χ4v) is 3.59. The predicted octanol–water partition coefficient (Wildman–Crippen LogP) is 3.76. The molecule has 0 radical (unpaired) electrons. The Hall–Kier alpha value is -2.96. The van der Waals surface area contributed by atoms with E-state index in [4.69, 9.17) is 8.94 Å². The van der Waals surface area contributed by atoms with E-state index in [1.165, 1.54) is 0 Å². The van der Waals surface area contributed by atoms with Crippen molar-refractivity contribution in [2.24, 2.45) is 0 Å². The van der Waals surface area contributed by atoms with Crippen molar-refractivity contribution in [3.8, 4) is 11.3 Å². The van der Waals surface area contributed by atoms with Crippen molar-refractivity contribution in [2.45, 2.75) is 44.9 Å². The molecule has 3 aromatic rings. The summed E-state index contributed by atoms with van der Waals surface area (Å²) in [6.07, 6.45) is 5.53. The van der Waals surface area contributed by atoms with Crippen LogP contribution in [0.3, 0.4) is 0 Å². The fraction of sp³-hybridized carbons (Fsp3) is 0.429. The van der Waals surface area contributed by atoms with E-state index < -0.39 is 0 Å². The van der Waals surface area contributed by atoms with E-state index in [0.717, 1.165) is 30.7 Å². The minimum absolute atomic E-state index is 0.138. The second-order valence-electron chi connectivity index (χ2n) is 7.20. The van der Waals surface area contributed by atoms with Gasteiger partial charge in [-0.3, -0.25) is 4.79 Å². The summed E-state index contributed by atoms with van der Waals surface area (Å²) in [6, 6.07) is 9.89. The van der Waals surface area contributed by atoms with Gasteiger partial charge in [-0.15, -0.1) is 0 Å². The predicted molar refractivity (Wildman–Crippen MR) is 102 cm³/mol. The number of aromatic nitrogens is 3. The standard InChI is InChI=1S/C21H24N4O3/c1-15-23-21(28-24-15)17-9-6-12-25(14-17)20(26)11-5-10-19-22-13-18(27-19)16-7-3-2-4-8-16/h2-4,7-8,13,17H,5-6,9-12,14H2,1H3. The summed E-state index contributed by atoms with van der Waals surface area (Å²) >= 11 is 0. The summed E-state index contributed by atoms with van der Waals surface area (Å²) in [5.74, 6) is 3.01. The van der Waals surface area contributed by atoms with E-state index in [2.05, 4.69) is 15.1 Å². The van der Waals surface area contributed by atoms with Gasteiger partial charge >= 0.3 is 0 Å². The second-order valence-corrected chi connectivity index (χ2v) is 7.20. The van der Waals surface area contributed by atoms with Crippen LogP contribution in [-0.4, -0.2) is 39.0 Å². The van der Waals surface area contributed by atoms with Gasteiger partial charge in [-0.1, -0.05) is 35.5 Å². The Bertz CT molecular complexity index is 919. The minimum atomic E-state index is 0.138. The molecule has 1 atom stereocenters. The number of piperidine rings is 1. The molecule has 4 rings (SSSR count). The number of carbonyl (C=O) groups excluding carboxylic acids is 1. The van der Waals surface area contributed by atoms with Gasteiger partial charge in [0.1, 0.15) is 0 Å². The first-order valence-corrected chi connectivity index (χ1v) is 9.77. The largest absolute Gasteiger partial charge is 0.441 e. The molecule has 1 unspecified atom stereocenters. The summed E-state index contributed by atoms with van der Waals surface area (Å²) in [7, 11) is 0. The van der Waals surface area contributed by atoms with Gasteiger partial charge in [-0.25, -0.2) is 4.98 Å². The number of nitrogens with zero attached hydrogens (tertiary/aromatic N) is 4. The van der Waals surface area contributed by atoms with E-state index in [9.17, 15) is 4.79 Å². The molecule has 0 N–H and O–H groups in total. The maximum atomic E-state index is 12.6. The maximum Gasteiger partial charge on any atom is 0.231 e. The van der Waals surface area contributed by atoms with Crippen molar-refractivity contribution in [3.63, 3.8) is 0 Å². The number of oxazole rings is 1. The highest BCUT2D eigenvalue weighted by atomic mass is 16.5. The number of carbonyl (C=O) groups is 1. The minimum Gasteiger partial charge on any atom is -0.441 e. The van der Waals surface area contributed by atoms with Gasteiger partial charge < -0.3 is 13.8 Å². The van der Waals surface area contributed by atoms with Gasteiger partial charge in [-0.2, -0.15) is 4.98 Å². The SMILES string of the molecule is Cc1noc(C2CCCN(C(=O)CCCc3ncc(-c4ccccc4)o3)C2)n1. The van der Waals surface area contributed by atoms with Crippen molar-refractivity contribution in [1.29, 1.82) is 0 Å². The van der Waals surface area contributed by atoms with E-state index in [1.54, 1.807) is 6.20 Å². The highest BCUT2D eigenvalue weighted by Crippen LogP contribution is 2.26. The van der Waals surface area contributed by atoms with Crippen molar-refractivity contribution in [2.75, 3.05) is 13.1 Å². The molecule has 0 spiro atoms. The summed E-state index contributed by atoms with van der Waals surface area (Å²) in [4.78, 5) is 23.2. The summed E-state index contributed by atoms with van der Waals surface area (Å²) < 4.78 is 11.1. The molecule has 28 heavy (non-hydrogen) atoms. The molecule has 7 nitrogen and oxygen atoms in total. The van der Waals surface area contributed by atoms with E-state index >= 15 is 0 Å². The molecule has 0 aliphatic carbocycles. The Kier molecular flexibility index (Phi) is 5.50. The van der Waals surface area contributed by atoms with E-state index in [1.807, 2.05) is 42.2 Å². The summed E-state index contributed by atoms with van der Waals surface area (Å²) in [5, 5.41) is 3.86. The zero-order valence-corrected chi connectivity index (χ0v) is 16.0. The van der Waals surface area contributed by atoms with Crippen LogP contribution < -0.4 is 0 Å². The van der Waals surface area contributed by atoms with E-state index in [0.29, 0.717) is 43.4 Å². The first-order chi connectivity index (χ1) is 13.7. The second kappa shape index (κ2) is 8.37. The van der Waals surface area contributed by atoms with E-state index in [-0.39, 0.29) is 11.8 Å². The van der Waals surface area contributed by atoms with Gasteiger partial charge in [0.15, 0.2) is 17.5 Å². The Morgan fingerprint density at radius 1 is 1.29 bits per heavy atom. The average molecular weight is 380 g/mol. The van der Waals surface area contributed by atoms with Crippen LogP contribution in [0, 0.1) is 6.92 Å². The topological polar surface area (TPSA) is 85.3 Å². The molecule has 0 saturated carbocycles. The lowest BCUT2D eigenvalue weighted by Gasteiger charge is -2.31. The van der Waals surface area contributed by atoms with Gasteiger partial charge in [-0.05, 0) is 26.2 Å². The number of aryl methyl sites for hydroxylation is 2. The van der Waals surface area contributed by atoms with Crippen LogP contribution in [0.15, 0.2) is 45.5 Å². The Morgan fingerprint density at radius 2 is 2.14 bits per heavy atom. The van der Waals surface area contributed by atoms with Gasteiger partial charge in [0.05, 0.1) is 12.1 Å². The van der Waals surface area contributed by atoms with Crippen LogP contribution in [-0.2, 0) is 11.2 Å². The van der Waals surface area contributed by atoms with Gasteiger partial charge in [0.2, 0.25) is 11.8 Å². The molecule has 7 heteroatoms. The quantitative estimate of drug-likeness (QED) is 0.647.